The number of aliphatic hydroxyl groups is 4. The van der Waals surface area contributed by atoms with E-state index in [2.05, 4.69) is 0 Å². The largest absolute Gasteiger partial charge is 0.507 e. The molecule has 0 spiro atoms. The molecule has 0 fully saturated rings. The summed E-state index contributed by atoms with van der Waals surface area (Å²) in [5.74, 6) is -8.75. The number of carbonyl (C=O) groups excluding carboxylic acids is 8. The summed E-state index contributed by atoms with van der Waals surface area (Å²) in [7, 11) is 0. The number of allylic oxidation sites excluding steroid dienone is 8. The van der Waals surface area contributed by atoms with Crippen LogP contribution in [0.1, 0.15) is 194 Å². The summed E-state index contributed by atoms with van der Waals surface area (Å²) >= 11 is 24.3. The fourth-order valence-corrected chi connectivity index (χ4v) is 12.0. The molecule has 28 heteroatoms. The molecule has 4 aliphatic rings. The van der Waals surface area contributed by atoms with Gasteiger partial charge in [-0.25, -0.2) is 19.2 Å². The van der Waals surface area contributed by atoms with Crippen LogP contribution in [0.15, 0.2) is 121 Å². The summed E-state index contributed by atoms with van der Waals surface area (Å²) in [6, 6.07) is 3.75. The van der Waals surface area contributed by atoms with Crippen molar-refractivity contribution in [1.82, 2.24) is 0 Å². The second kappa shape index (κ2) is 44.9. The molecule has 0 saturated carbocycles. The van der Waals surface area contributed by atoms with E-state index in [0.717, 1.165) is 49.9 Å². The lowest BCUT2D eigenvalue weighted by Crippen LogP contribution is -2.19. The predicted molar refractivity (Wildman–Crippen MR) is 404 cm³/mol. The van der Waals surface area contributed by atoms with Gasteiger partial charge in [0.1, 0.15) is 116 Å². The van der Waals surface area contributed by atoms with Crippen molar-refractivity contribution in [2.24, 2.45) is 0 Å². The minimum absolute atomic E-state index is 0.0183. The molecule has 4 aromatic carbocycles. The second-order valence-corrected chi connectivity index (χ2v) is 27.5. The third-order valence-electron chi connectivity index (χ3n) is 16.5. The fourth-order valence-electron chi connectivity index (χ4n) is 11.2. The number of phenolic OH excluding ortho intramolecular Hbond substituents is 8. The molecular formula is C80H92Cl4O24. The van der Waals surface area contributed by atoms with Crippen LogP contribution in [0.5, 0.6) is 46.0 Å². The number of phenols is 8. The van der Waals surface area contributed by atoms with Gasteiger partial charge in [0.05, 0.1) is 44.5 Å². The summed E-state index contributed by atoms with van der Waals surface area (Å²) in [5, 5.41) is 119. The number of aliphatic hydroxyl groups excluding tert-OH is 4. The average molecular weight is 1580 g/mol. The van der Waals surface area contributed by atoms with E-state index in [1.165, 1.54) is 0 Å². The van der Waals surface area contributed by atoms with Crippen molar-refractivity contribution in [3.8, 4) is 46.0 Å². The van der Waals surface area contributed by atoms with Gasteiger partial charge < -0.3 is 80.2 Å². The Morgan fingerprint density at radius 2 is 0.454 bits per heavy atom. The minimum Gasteiger partial charge on any atom is -0.507 e. The van der Waals surface area contributed by atoms with Crippen LogP contribution in [0.3, 0.4) is 0 Å². The van der Waals surface area contributed by atoms with Crippen LogP contribution in [0.2, 0.25) is 20.1 Å². The SMILES string of the molecule is C[C@@H]1C/C=C/CC/C=C/[C@H](O)CC(=O)Cc2c(Cl)c(O)cc(O)c2C(=O)O1.C[C@@H]1C/C=C/CC/C=C/[C@H](O)CC(=O)Cc2c(Cl)c(O)cc(O)c2C(=O)O1.C[C@@H]1C/C=C/CC/C=C/[C@H](O)CC(=O)Cc2c(Cl)c(O)cc(O)c2C(=O)O1.C[C@@H]1C/C=C/CC/C=C/[C@H](O)CC(=O)Cc2c(Cl)c(O)cc(O)c2C(=O)O1. The summed E-state index contributed by atoms with van der Waals surface area (Å²) in [4.78, 5) is 99.4. The van der Waals surface area contributed by atoms with Gasteiger partial charge >= 0.3 is 23.9 Å². The quantitative estimate of drug-likeness (QED) is 0.0442. The lowest BCUT2D eigenvalue weighted by atomic mass is 9.98. The first-order chi connectivity index (χ1) is 51.2. The number of ether oxygens (including phenoxy) is 4. The Morgan fingerprint density at radius 3 is 0.639 bits per heavy atom. The van der Waals surface area contributed by atoms with Gasteiger partial charge in [-0.15, -0.1) is 0 Å². The molecule has 0 bridgehead atoms. The normalized spacial score (nSPS) is 24.7. The first-order valence-corrected chi connectivity index (χ1v) is 36.5. The number of fused-ring (bicyclic) bond motifs is 4. The molecule has 24 nitrogen and oxygen atoms in total. The number of hydrogen-bond donors (Lipinski definition) is 12. The number of hydrogen-bond acceptors (Lipinski definition) is 24. The van der Waals surface area contributed by atoms with Gasteiger partial charge in [0, 0.05) is 124 Å². The van der Waals surface area contributed by atoms with Crippen LogP contribution < -0.4 is 0 Å². The van der Waals surface area contributed by atoms with E-state index >= 15 is 0 Å². The van der Waals surface area contributed by atoms with E-state index in [-0.39, 0.29) is 116 Å². The molecule has 0 saturated heterocycles. The molecule has 584 valence electrons. The first kappa shape index (κ1) is 89.4. The molecule has 0 unspecified atom stereocenters. The molecule has 4 heterocycles. The van der Waals surface area contributed by atoms with Crippen molar-refractivity contribution in [2.45, 2.75) is 205 Å². The summed E-state index contributed by atoms with van der Waals surface area (Å²) in [6.45, 7) is 6.86. The lowest BCUT2D eigenvalue weighted by molar-refractivity contribution is -0.120. The number of Topliss-reactive ketones (excluding diaryl/α,β-unsaturated/α-hetero) is 4. The van der Waals surface area contributed by atoms with Crippen molar-refractivity contribution in [2.75, 3.05) is 0 Å². The van der Waals surface area contributed by atoms with E-state index in [1.54, 1.807) is 76.3 Å². The van der Waals surface area contributed by atoms with Crippen LogP contribution in [-0.2, 0) is 63.8 Å². The maximum Gasteiger partial charge on any atom is 0.342 e. The minimum atomic E-state index is -0.963. The Kier molecular flexibility index (Phi) is 37.2. The summed E-state index contributed by atoms with van der Waals surface area (Å²) in [5.41, 5.74) is -1.08. The van der Waals surface area contributed by atoms with Crippen LogP contribution in [0, 0.1) is 0 Å². The van der Waals surface area contributed by atoms with Gasteiger partial charge in [0.25, 0.3) is 0 Å². The van der Waals surface area contributed by atoms with Crippen molar-refractivity contribution in [3.63, 3.8) is 0 Å². The number of benzene rings is 4. The molecule has 108 heavy (non-hydrogen) atoms. The Bertz CT molecular complexity index is 3590. The van der Waals surface area contributed by atoms with Gasteiger partial charge in [-0.05, 0) is 79.1 Å². The standard InChI is InChI=1S/4C20H23ClO6/c4*1-12-7-5-3-2-4-6-8-13(22)9-14(23)10-15-18(20(26)27-12)16(24)11-17(25)19(15)21/h4*3,5-6,8,11-13,22,24-25H,2,4,7,9-10H2,1H3/b4*5-3+,8-6+/t4*12-,13+/m1111/s1. The van der Waals surface area contributed by atoms with E-state index in [1.807, 2.05) is 48.6 Å². The molecule has 8 atom stereocenters. The molecule has 0 aromatic heterocycles. The predicted octanol–water partition coefficient (Wildman–Crippen LogP) is 13.8. The smallest absolute Gasteiger partial charge is 0.342 e. The zero-order valence-corrected chi connectivity index (χ0v) is 63.1. The molecule has 4 aromatic rings. The monoisotopic (exact) mass is 1580 g/mol. The Labute approximate surface area is 645 Å². The van der Waals surface area contributed by atoms with E-state index in [0.29, 0.717) is 51.4 Å². The first-order valence-electron chi connectivity index (χ1n) is 35.0. The summed E-state index contributed by atoms with van der Waals surface area (Å²) < 4.78 is 21.4. The third kappa shape index (κ3) is 29.1. The number of halogens is 4. The number of esters is 4. The molecule has 0 radical (unpaired) electrons. The highest BCUT2D eigenvalue weighted by Gasteiger charge is 2.32. The second-order valence-electron chi connectivity index (χ2n) is 26.0. The summed E-state index contributed by atoms with van der Waals surface area (Å²) in [6.07, 6.45) is 28.9. The Hall–Kier alpha value is -9.24. The van der Waals surface area contributed by atoms with E-state index in [9.17, 15) is 99.6 Å². The van der Waals surface area contributed by atoms with Crippen LogP contribution in [-0.4, -0.2) is 157 Å². The van der Waals surface area contributed by atoms with Crippen LogP contribution >= 0.6 is 46.4 Å². The number of rotatable bonds is 0. The van der Waals surface area contributed by atoms with E-state index < -0.39 is 142 Å². The highest BCUT2D eigenvalue weighted by molar-refractivity contribution is 6.35. The van der Waals surface area contributed by atoms with Crippen molar-refractivity contribution in [1.29, 1.82) is 0 Å². The Balaban J connectivity index is 0.000000258. The van der Waals surface area contributed by atoms with Gasteiger partial charge in [0.2, 0.25) is 0 Å². The highest BCUT2D eigenvalue weighted by atomic mass is 35.5. The van der Waals surface area contributed by atoms with Crippen molar-refractivity contribution >= 4 is 93.4 Å². The molecule has 4 aliphatic heterocycles. The third-order valence-corrected chi connectivity index (χ3v) is 18.2. The average Bonchev–Trinajstić information content (AvgIpc) is 0.816. The molecule has 0 aliphatic carbocycles. The zero-order valence-electron chi connectivity index (χ0n) is 60.1. The van der Waals surface area contributed by atoms with E-state index in [4.69, 9.17) is 65.4 Å². The number of cyclic esters (lactones) is 4. The van der Waals surface area contributed by atoms with Gasteiger partial charge in [-0.3, -0.25) is 19.2 Å². The number of ketones is 4. The van der Waals surface area contributed by atoms with Crippen LogP contribution in [0.25, 0.3) is 0 Å². The number of carbonyl (C=O) groups is 8. The maximum absolute atomic E-state index is 12.5. The van der Waals surface area contributed by atoms with Gasteiger partial charge in [-0.2, -0.15) is 0 Å². The highest BCUT2D eigenvalue weighted by Crippen LogP contribution is 2.42. The fraction of sp³-hybridized carbons (Fsp3) is 0.400. The Morgan fingerprint density at radius 1 is 0.278 bits per heavy atom. The molecule has 0 amide bonds. The molecule has 12 N–H and O–H groups in total. The topological polar surface area (TPSA) is 416 Å². The zero-order chi connectivity index (χ0) is 79.9. The molecule has 8 rings (SSSR count). The van der Waals surface area contributed by atoms with Gasteiger partial charge in [-0.1, -0.05) is 144 Å². The maximum atomic E-state index is 12.5. The van der Waals surface area contributed by atoms with Crippen molar-refractivity contribution in [3.05, 3.63) is 186 Å². The molecular weight excluding hydrogens is 1490 g/mol. The van der Waals surface area contributed by atoms with Crippen LogP contribution in [0.4, 0.5) is 0 Å². The van der Waals surface area contributed by atoms with Crippen molar-refractivity contribution < 1.29 is 119 Å². The van der Waals surface area contributed by atoms with Gasteiger partial charge in [0.15, 0.2) is 0 Å². The lowest BCUT2D eigenvalue weighted by Gasteiger charge is -2.17. The number of aromatic hydroxyl groups is 8.